The van der Waals surface area contributed by atoms with Crippen LogP contribution in [0, 0.1) is 11.3 Å². The van der Waals surface area contributed by atoms with E-state index in [9.17, 15) is 0 Å². The first-order valence-electron chi connectivity index (χ1n) is 3.87. The molecule has 0 aromatic heterocycles. The van der Waals surface area contributed by atoms with E-state index >= 15 is 0 Å². The maximum atomic E-state index is 5.84. The second-order valence-corrected chi connectivity index (χ2v) is 3.71. The highest BCUT2D eigenvalue weighted by molar-refractivity contribution is 5.10. The molecule has 0 spiro atoms. The number of hydrogen-bond acceptors (Lipinski definition) is 3. The van der Waals surface area contributed by atoms with Crippen LogP contribution in [0.4, 0.5) is 0 Å². The van der Waals surface area contributed by atoms with Crippen LogP contribution in [0.2, 0.25) is 0 Å². The topological polar surface area (TPSA) is 44.5 Å². The molecule has 11 heavy (non-hydrogen) atoms. The van der Waals surface area contributed by atoms with Crippen LogP contribution in [0.25, 0.3) is 0 Å². The van der Waals surface area contributed by atoms with Crippen molar-refractivity contribution in [3.63, 3.8) is 0 Å². The molecule has 0 aromatic rings. The Morgan fingerprint density at radius 3 is 1.73 bits per heavy atom. The Balaban J connectivity index is 2.51. The van der Waals surface area contributed by atoms with Gasteiger partial charge in [0.05, 0.1) is 0 Å². The summed E-state index contributed by atoms with van der Waals surface area (Å²) in [6.45, 7) is 4.26. The molecule has 3 nitrogen and oxygen atoms in total. The van der Waals surface area contributed by atoms with Crippen LogP contribution >= 0.6 is 0 Å². The second-order valence-electron chi connectivity index (χ2n) is 3.71. The van der Waals surface area contributed by atoms with Gasteiger partial charge in [-0.1, -0.05) is 13.8 Å². The van der Waals surface area contributed by atoms with Gasteiger partial charge in [-0.15, -0.1) is 0 Å². The molecule has 1 aliphatic rings. The summed E-state index contributed by atoms with van der Waals surface area (Å²) in [5.74, 6) is 0.345. The Hall–Kier alpha value is -0.120. The van der Waals surface area contributed by atoms with Gasteiger partial charge in [0.1, 0.15) is 0 Å². The quantitative estimate of drug-likeness (QED) is 0.613. The summed E-state index contributed by atoms with van der Waals surface area (Å²) in [5, 5.41) is 0. The molecule has 0 saturated heterocycles. The van der Waals surface area contributed by atoms with Crippen molar-refractivity contribution >= 4 is 0 Å². The average molecular weight is 159 g/mol. The van der Waals surface area contributed by atoms with Gasteiger partial charge in [0, 0.05) is 26.2 Å². The highest BCUT2D eigenvalue weighted by Crippen LogP contribution is 2.52. The lowest BCUT2D eigenvalue weighted by Gasteiger charge is -2.13. The van der Waals surface area contributed by atoms with Crippen LogP contribution < -0.4 is 5.73 Å². The monoisotopic (exact) mass is 159 g/mol. The van der Waals surface area contributed by atoms with Gasteiger partial charge in [0.2, 0.25) is 0 Å². The predicted molar refractivity (Wildman–Crippen MR) is 43.1 cm³/mol. The summed E-state index contributed by atoms with van der Waals surface area (Å²) in [4.78, 5) is 0. The van der Waals surface area contributed by atoms with Crippen molar-refractivity contribution in [3.05, 3.63) is 0 Å². The van der Waals surface area contributed by atoms with Gasteiger partial charge in [0.15, 0.2) is 6.29 Å². The van der Waals surface area contributed by atoms with E-state index in [0.29, 0.717) is 5.92 Å². The van der Waals surface area contributed by atoms with Gasteiger partial charge >= 0.3 is 0 Å². The zero-order valence-corrected chi connectivity index (χ0v) is 7.63. The van der Waals surface area contributed by atoms with E-state index in [0.717, 1.165) is 0 Å². The lowest BCUT2D eigenvalue weighted by molar-refractivity contribution is -0.122. The van der Waals surface area contributed by atoms with Crippen LogP contribution in [0.5, 0.6) is 0 Å². The molecule has 1 rings (SSSR count). The third-order valence-electron chi connectivity index (χ3n) is 2.75. The molecule has 2 atom stereocenters. The first-order valence-corrected chi connectivity index (χ1v) is 3.87. The molecule has 3 heteroatoms. The van der Waals surface area contributed by atoms with Gasteiger partial charge in [0.25, 0.3) is 0 Å². The van der Waals surface area contributed by atoms with Crippen molar-refractivity contribution in [1.82, 2.24) is 0 Å². The summed E-state index contributed by atoms with van der Waals surface area (Å²) >= 11 is 0. The van der Waals surface area contributed by atoms with E-state index in [1.54, 1.807) is 14.2 Å². The number of rotatable bonds is 3. The molecule has 0 radical (unpaired) electrons. The van der Waals surface area contributed by atoms with Crippen molar-refractivity contribution in [2.45, 2.75) is 26.2 Å². The third-order valence-corrected chi connectivity index (χ3v) is 2.75. The fraction of sp³-hybridized carbons (Fsp3) is 1.00. The molecule has 66 valence electrons. The third kappa shape index (κ3) is 1.28. The van der Waals surface area contributed by atoms with Gasteiger partial charge in [-0.3, -0.25) is 0 Å². The van der Waals surface area contributed by atoms with Gasteiger partial charge in [-0.05, 0) is 5.41 Å². The van der Waals surface area contributed by atoms with E-state index in [2.05, 4.69) is 13.8 Å². The van der Waals surface area contributed by atoms with Crippen molar-refractivity contribution in [2.24, 2.45) is 17.1 Å². The van der Waals surface area contributed by atoms with Crippen molar-refractivity contribution < 1.29 is 9.47 Å². The van der Waals surface area contributed by atoms with Crippen LogP contribution in [-0.4, -0.2) is 26.6 Å². The molecule has 1 aliphatic carbocycles. The lowest BCUT2D eigenvalue weighted by atomic mass is 10.1. The Morgan fingerprint density at radius 1 is 1.27 bits per heavy atom. The molecule has 2 N–H and O–H groups in total. The fourth-order valence-corrected chi connectivity index (χ4v) is 1.63. The van der Waals surface area contributed by atoms with Crippen LogP contribution in [0.15, 0.2) is 0 Å². The second kappa shape index (κ2) is 2.73. The van der Waals surface area contributed by atoms with Crippen LogP contribution in [0.3, 0.4) is 0 Å². The SMILES string of the molecule is COC(OC)[C@H]1[C@H](N)C1(C)C. The predicted octanol–water partition coefficient (Wildman–Crippen LogP) is 0.589. The minimum absolute atomic E-state index is 0.139. The zero-order chi connectivity index (χ0) is 8.65. The lowest BCUT2D eigenvalue weighted by Crippen LogP contribution is -2.20. The molecule has 0 bridgehead atoms. The van der Waals surface area contributed by atoms with E-state index in [1.807, 2.05) is 0 Å². The highest BCUT2D eigenvalue weighted by atomic mass is 16.7. The fourth-order valence-electron chi connectivity index (χ4n) is 1.63. The number of methoxy groups -OCH3 is 2. The summed E-state index contributed by atoms with van der Waals surface area (Å²) in [6, 6.07) is 0.215. The smallest absolute Gasteiger partial charge is 0.161 e. The molecule has 0 heterocycles. The number of ether oxygens (including phenoxy) is 2. The molecule has 1 saturated carbocycles. The molecular weight excluding hydrogens is 142 g/mol. The van der Waals surface area contributed by atoms with Crippen molar-refractivity contribution in [3.8, 4) is 0 Å². The van der Waals surface area contributed by atoms with Crippen LogP contribution in [-0.2, 0) is 9.47 Å². The maximum Gasteiger partial charge on any atom is 0.161 e. The Bertz CT molecular complexity index is 143. The zero-order valence-electron chi connectivity index (χ0n) is 7.63. The van der Waals surface area contributed by atoms with E-state index < -0.39 is 0 Å². The minimum Gasteiger partial charge on any atom is -0.356 e. The van der Waals surface area contributed by atoms with Crippen molar-refractivity contribution in [1.29, 1.82) is 0 Å². The molecule has 0 aliphatic heterocycles. The van der Waals surface area contributed by atoms with Crippen molar-refractivity contribution in [2.75, 3.05) is 14.2 Å². The number of nitrogens with two attached hydrogens (primary N) is 1. The number of hydrogen-bond donors (Lipinski definition) is 1. The molecule has 1 fully saturated rings. The minimum atomic E-state index is -0.139. The van der Waals surface area contributed by atoms with Crippen LogP contribution in [0.1, 0.15) is 13.8 Å². The Morgan fingerprint density at radius 2 is 1.64 bits per heavy atom. The van der Waals surface area contributed by atoms with E-state index in [4.69, 9.17) is 15.2 Å². The van der Waals surface area contributed by atoms with Gasteiger partial charge < -0.3 is 15.2 Å². The average Bonchev–Trinajstić information content (AvgIpc) is 2.41. The van der Waals surface area contributed by atoms with E-state index in [1.165, 1.54) is 0 Å². The normalized spacial score (nSPS) is 34.4. The first-order chi connectivity index (χ1) is 5.05. The molecule has 0 unspecified atom stereocenters. The molecule has 0 amide bonds. The largest absolute Gasteiger partial charge is 0.356 e. The van der Waals surface area contributed by atoms with Gasteiger partial charge in [-0.2, -0.15) is 0 Å². The van der Waals surface area contributed by atoms with Gasteiger partial charge in [-0.25, -0.2) is 0 Å². The maximum absolute atomic E-state index is 5.84. The highest BCUT2D eigenvalue weighted by Gasteiger charge is 2.59. The summed E-state index contributed by atoms with van der Waals surface area (Å²) in [5.41, 5.74) is 6.01. The molecule has 0 aromatic carbocycles. The summed E-state index contributed by atoms with van der Waals surface area (Å²) in [6.07, 6.45) is -0.139. The van der Waals surface area contributed by atoms with E-state index in [-0.39, 0.29) is 17.7 Å². The first kappa shape index (κ1) is 8.97. The summed E-state index contributed by atoms with van der Waals surface area (Å²) in [7, 11) is 3.30. The molecular formula is C8H17NO2. The Kier molecular flexibility index (Phi) is 2.23. The Labute approximate surface area is 67.9 Å². The standard InChI is InChI=1S/C8H17NO2/c1-8(2)5(6(8)9)7(10-3)11-4/h5-7H,9H2,1-4H3/t5-,6+/m1/s1. The summed E-state index contributed by atoms with van der Waals surface area (Å²) < 4.78 is 10.3.